The van der Waals surface area contributed by atoms with Gasteiger partial charge in [0.2, 0.25) is 0 Å². The van der Waals surface area contributed by atoms with Crippen molar-refractivity contribution < 1.29 is 32.0 Å². The zero-order valence-corrected chi connectivity index (χ0v) is 20.0. The second-order valence-corrected chi connectivity index (χ2v) is 11.2. The van der Waals surface area contributed by atoms with Crippen molar-refractivity contribution in [3.63, 3.8) is 0 Å². The fraction of sp³-hybridized carbons (Fsp3) is 0.647. The van der Waals surface area contributed by atoms with Crippen LogP contribution in [0.15, 0.2) is 29.4 Å². The van der Waals surface area contributed by atoms with Gasteiger partial charge in [-0.2, -0.15) is 0 Å². The molecule has 0 amide bonds. The average molecular weight is 464 g/mol. The third-order valence-electron chi connectivity index (χ3n) is 4.15. The van der Waals surface area contributed by atoms with Crippen LogP contribution in [0, 0.1) is 0 Å². The first-order valence-electron chi connectivity index (χ1n) is 9.02. The van der Waals surface area contributed by atoms with Gasteiger partial charge in [-0.15, -0.1) is 0 Å². The zero-order chi connectivity index (χ0) is 22.8. The Morgan fingerprint density at radius 1 is 0.967 bits per heavy atom. The predicted octanol–water partition coefficient (Wildman–Crippen LogP) is 4.84. The molecule has 11 nitrogen and oxygen atoms in total. The molecule has 170 valence electrons. The summed E-state index contributed by atoms with van der Waals surface area (Å²) in [6.45, 7) is 3.72. The SMILES string of the molecule is COP(=O)(CN(CCc1ccc(OC(C)(C)N=[N+]=[N-])cc1)CP(=O)(OC)OC)OC. The number of hydrogen-bond donors (Lipinski definition) is 0. The van der Waals surface area contributed by atoms with Gasteiger partial charge < -0.3 is 22.8 Å². The van der Waals surface area contributed by atoms with E-state index in [-0.39, 0.29) is 12.6 Å². The summed E-state index contributed by atoms with van der Waals surface area (Å²) in [5, 5.41) is 3.59. The molecule has 0 aliphatic heterocycles. The molecule has 0 N–H and O–H groups in total. The van der Waals surface area contributed by atoms with Crippen molar-refractivity contribution in [1.82, 2.24) is 4.90 Å². The van der Waals surface area contributed by atoms with E-state index >= 15 is 0 Å². The molecule has 0 saturated carbocycles. The van der Waals surface area contributed by atoms with Crippen LogP contribution in [0.3, 0.4) is 0 Å². The Hall–Kier alpha value is -1.41. The molecule has 0 aliphatic rings. The maximum atomic E-state index is 12.6. The number of azide groups is 1. The van der Waals surface area contributed by atoms with Gasteiger partial charge in [0.1, 0.15) is 18.3 Å². The van der Waals surface area contributed by atoms with Crippen LogP contribution >= 0.6 is 15.2 Å². The molecule has 13 heteroatoms. The van der Waals surface area contributed by atoms with E-state index in [4.69, 9.17) is 28.4 Å². The summed E-state index contributed by atoms with van der Waals surface area (Å²) < 4.78 is 50.8. The molecular weight excluding hydrogens is 434 g/mol. The van der Waals surface area contributed by atoms with Crippen LogP contribution in [0.5, 0.6) is 5.75 Å². The van der Waals surface area contributed by atoms with Gasteiger partial charge in [-0.25, -0.2) is 0 Å². The molecule has 0 aliphatic carbocycles. The molecular formula is C17H30N4O7P2. The summed E-state index contributed by atoms with van der Waals surface area (Å²) in [5.41, 5.74) is 8.53. The molecule has 1 aromatic rings. The lowest BCUT2D eigenvalue weighted by Crippen LogP contribution is -2.29. The van der Waals surface area contributed by atoms with Gasteiger partial charge in [-0.1, -0.05) is 12.1 Å². The number of hydrogen-bond acceptors (Lipinski definition) is 9. The van der Waals surface area contributed by atoms with Gasteiger partial charge in [0.15, 0.2) is 5.72 Å². The first-order valence-corrected chi connectivity index (χ1v) is 12.5. The minimum Gasteiger partial charge on any atom is -0.482 e. The molecule has 0 radical (unpaired) electrons. The monoisotopic (exact) mass is 464 g/mol. The standard InChI is InChI=1S/C17H30N4O7P2/c1-17(2,19-20-18)28-16-9-7-15(8-10-16)11-12-21(13-29(22,24-3)25-4)14-30(23,26-5)27-6/h7-10H,11-14H2,1-6H3. The second-order valence-electron chi connectivity index (χ2n) is 6.76. The lowest BCUT2D eigenvalue weighted by Gasteiger charge is -2.28. The number of benzene rings is 1. The highest BCUT2D eigenvalue weighted by molar-refractivity contribution is 7.54. The molecule has 1 rings (SSSR count). The quantitative estimate of drug-likeness (QED) is 0.165. The van der Waals surface area contributed by atoms with Crippen LogP contribution in [0.25, 0.3) is 10.4 Å². The highest BCUT2D eigenvalue weighted by atomic mass is 31.2. The molecule has 0 aromatic heterocycles. The van der Waals surface area contributed by atoms with E-state index in [1.165, 1.54) is 28.4 Å². The van der Waals surface area contributed by atoms with Crippen molar-refractivity contribution in [1.29, 1.82) is 0 Å². The lowest BCUT2D eigenvalue weighted by atomic mass is 10.1. The van der Waals surface area contributed by atoms with Crippen molar-refractivity contribution in [3.8, 4) is 5.75 Å². The fourth-order valence-electron chi connectivity index (χ4n) is 2.48. The van der Waals surface area contributed by atoms with E-state index in [2.05, 4.69) is 10.0 Å². The number of nitrogens with zero attached hydrogens (tertiary/aromatic N) is 4. The Bertz CT molecular complexity index is 769. The largest absolute Gasteiger partial charge is 0.482 e. The van der Waals surface area contributed by atoms with Gasteiger partial charge in [0.25, 0.3) is 0 Å². The molecule has 1 aromatic carbocycles. The normalized spacial score (nSPS) is 12.6. The first kappa shape index (κ1) is 26.6. The van der Waals surface area contributed by atoms with Crippen LogP contribution in [-0.4, -0.2) is 58.2 Å². The highest BCUT2D eigenvalue weighted by Gasteiger charge is 2.31. The maximum Gasteiger partial charge on any atom is 0.344 e. The Balaban J connectivity index is 2.88. The molecule has 30 heavy (non-hydrogen) atoms. The third-order valence-corrected chi connectivity index (χ3v) is 7.87. The first-order chi connectivity index (χ1) is 14.0. The number of ether oxygens (including phenoxy) is 1. The summed E-state index contributed by atoms with van der Waals surface area (Å²) in [6, 6.07) is 7.24. The smallest absolute Gasteiger partial charge is 0.344 e. The van der Waals surface area contributed by atoms with E-state index in [0.717, 1.165) is 5.56 Å². The van der Waals surface area contributed by atoms with E-state index in [1.807, 2.05) is 12.1 Å². The Morgan fingerprint density at radius 2 is 1.43 bits per heavy atom. The van der Waals surface area contributed by atoms with Crippen LogP contribution in [0.1, 0.15) is 19.4 Å². The Kier molecular flexibility index (Phi) is 10.5. The van der Waals surface area contributed by atoms with Gasteiger partial charge in [-0.3, -0.25) is 14.0 Å². The Labute approximate surface area is 177 Å². The van der Waals surface area contributed by atoms with Crippen LogP contribution in [0.4, 0.5) is 0 Å². The van der Waals surface area contributed by atoms with Crippen molar-refractivity contribution in [2.24, 2.45) is 5.11 Å². The highest BCUT2D eigenvalue weighted by Crippen LogP contribution is 2.51. The molecule has 0 unspecified atom stereocenters. The van der Waals surface area contributed by atoms with E-state index in [0.29, 0.717) is 18.7 Å². The fourth-order valence-corrected chi connectivity index (χ4v) is 4.86. The third kappa shape index (κ3) is 8.76. The van der Waals surface area contributed by atoms with Crippen molar-refractivity contribution >= 4 is 15.2 Å². The molecule has 0 atom stereocenters. The predicted molar refractivity (Wildman–Crippen MR) is 114 cm³/mol. The topological polar surface area (TPSA) is 132 Å². The van der Waals surface area contributed by atoms with Crippen molar-refractivity contribution in [2.45, 2.75) is 26.0 Å². The summed E-state index contributed by atoms with van der Waals surface area (Å²) in [7, 11) is -1.55. The summed E-state index contributed by atoms with van der Waals surface area (Å²) >= 11 is 0. The van der Waals surface area contributed by atoms with Crippen molar-refractivity contribution in [3.05, 3.63) is 40.3 Å². The van der Waals surface area contributed by atoms with Gasteiger partial charge in [0.05, 0.1) is 0 Å². The average Bonchev–Trinajstić information content (AvgIpc) is 2.72. The minimum absolute atomic E-state index is 0.0712. The molecule has 0 fully saturated rings. The maximum absolute atomic E-state index is 12.6. The van der Waals surface area contributed by atoms with Gasteiger partial charge >= 0.3 is 15.2 Å². The zero-order valence-electron chi connectivity index (χ0n) is 18.2. The summed E-state index contributed by atoms with van der Waals surface area (Å²) in [6.07, 6.45) is 0.414. The van der Waals surface area contributed by atoms with Crippen LogP contribution in [0.2, 0.25) is 0 Å². The molecule has 0 spiro atoms. The lowest BCUT2D eigenvalue weighted by molar-refractivity contribution is 0.117. The summed E-state index contributed by atoms with van der Waals surface area (Å²) in [5.74, 6) is 0.555. The molecule has 0 heterocycles. The van der Waals surface area contributed by atoms with Crippen LogP contribution in [-0.2, 0) is 33.6 Å². The van der Waals surface area contributed by atoms with E-state index < -0.39 is 20.9 Å². The van der Waals surface area contributed by atoms with Crippen molar-refractivity contribution in [2.75, 3.05) is 47.6 Å². The van der Waals surface area contributed by atoms with Gasteiger partial charge in [-0.05, 0) is 48.6 Å². The second kappa shape index (κ2) is 11.8. The minimum atomic E-state index is -3.37. The van der Waals surface area contributed by atoms with Gasteiger partial charge in [0, 0.05) is 39.9 Å². The van der Waals surface area contributed by atoms with E-state index in [9.17, 15) is 9.13 Å². The molecule has 0 bridgehead atoms. The molecule has 0 saturated heterocycles. The van der Waals surface area contributed by atoms with Crippen LogP contribution < -0.4 is 4.74 Å². The number of rotatable bonds is 14. The van der Waals surface area contributed by atoms with E-state index in [1.54, 1.807) is 30.9 Å². The summed E-state index contributed by atoms with van der Waals surface area (Å²) in [4.78, 5) is 4.43. The Morgan fingerprint density at radius 3 is 1.83 bits per heavy atom.